The summed E-state index contributed by atoms with van der Waals surface area (Å²) in [5.74, 6) is 1.89. The van der Waals surface area contributed by atoms with E-state index >= 15 is 0 Å². The number of carbonyl (C=O) groups is 1. The van der Waals surface area contributed by atoms with Crippen LogP contribution in [0.4, 0.5) is 0 Å². The van der Waals surface area contributed by atoms with Crippen molar-refractivity contribution in [3.63, 3.8) is 0 Å². The molecule has 1 heterocycles. The highest BCUT2D eigenvalue weighted by Crippen LogP contribution is 2.21. The third kappa shape index (κ3) is 3.33. The normalized spacial score (nSPS) is 14.5. The Morgan fingerprint density at radius 1 is 1.35 bits per heavy atom. The summed E-state index contributed by atoms with van der Waals surface area (Å²) in [4.78, 5) is 13.3. The number of hydrogen-bond acceptors (Lipinski definition) is 3. The number of rotatable bonds is 4. The van der Waals surface area contributed by atoms with Crippen molar-refractivity contribution in [3.8, 4) is 0 Å². The molecular formula is C13H22N2O2. The maximum Gasteiger partial charge on any atom is 0.238 e. The molecule has 1 aromatic heterocycles. The summed E-state index contributed by atoms with van der Waals surface area (Å²) < 4.78 is 5.49. The van der Waals surface area contributed by atoms with Gasteiger partial charge >= 0.3 is 0 Å². The van der Waals surface area contributed by atoms with Gasteiger partial charge in [-0.2, -0.15) is 0 Å². The molecule has 0 bridgehead atoms. The number of nitrogens with zero attached hydrogens (tertiary/aromatic N) is 1. The number of carbonyl (C=O) groups excluding carboxylic acids is 1. The molecule has 0 aliphatic rings. The number of hydrogen-bond donors (Lipinski definition) is 1. The van der Waals surface area contributed by atoms with E-state index in [1.807, 2.05) is 33.8 Å². The van der Waals surface area contributed by atoms with Crippen molar-refractivity contribution in [2.24, 2.45) is 0 Å². The lowest BCUT2D eigenvalue weighted by Crippen LogP contribution is -2.42. The molecule has 1 aromatic rings. The maximum atomic E-state index is 11.7. The van der Waals surface area contributed by atoms with Crippen LogP contribution in [-0.4, -0.2) is 30.9 Å². The lowest BCUT2D eigenvalue weighted by Gasteiger charge is -2.22. The lowest BCUT2D eigenvalue weighted by atomic mass is 10.1. The molecule has 96 valence electrons. The zero-order valence-corrected chi connectivity index (χ0v) is 11.5. The van der Waals surface area contributed by atoms with Crippen LogP contribution in [-0.2, 0) is 4.79 Å². The van der Waals surface area contributed by atoms with Gasteiger partial charge in [0.05, 0.1) is 6.04 Å². The molecule has 0 spiro atoms. The van der Waals surface area contributed by atoms with Gasteiger partial charge in [0.1, 0.15) is 11.5 Å². The Hall–Kier alpha value is -1.29. The van der Waals surface area contributed by atoms with Gasteiger partial charge in [-0.25, -0.2) is 0 Å². The van der Waals surface area contributed by atoms with E-state index in [-0.39, 0.29) is 18.0 Å². The minimum absolute atomic E-state index is 0.0784. The van der Waals surface area contributed by atoms with Crippen LogP contribution in [0, 0.1) is 13.8 Å². The molecule has 0 fully saturated rings. The molecule has 1 rings (SSSR count). The quantitative estimate of drug-likeness (QED) is 0.873. The predicted molar refractivity (Wildman–Crippen MR) is 67.9 cm³/mol. The van der Waals surface area contributed by atoms with Crippen LogP contribution < -0.4 is 5.32 Å². The van der Waals surface area contributed by atoms with Crippen LogP contribution in [0.25, 0.3) is 0 Å². The molecule has 4 nitrogen and oxygen atoms in total. The van der Waals surface area contributed by atoms with Gasteiger partial charge < -0.3 is 9.32 Å². The zero-order chi connectivity index (χ0) is 13.2. The second kappa shape index (κ2) is 5.36. The molecule has 0 saturated carbocycles. The van der Waals surface area contributed by atoms with Crippen LogP contribution in [0.2, 0.25) is 0 Å². The molecule has 0 aromatic carbocycles. The minimum Gasteiger partial charge on any atom is -0.466 e. The summed E-state index contributed by atoms with van der Waals surface area (Å²) in [5.41, 5.74) is 1.11. The van der Waals surface area contributed by atoms with Crippen molar-refractivity contribution >= 4 is 5.91 Å². The highest BCUT2D eigenvalue weighted by Gasteiger charge is 2.19. The molecule has 0 radical (unpaired) electrons. The van der Waals surface area contributed by atoms with E-state index in [4.69, 9.17) is 4.42 Å². The topological polar surface area (TPSA) is 45.5 Å². The van der Waals surface area contributed by atoms with E-state index in [1.54, 1.807) is 19.0 Å². The zero-order valence-electron chi connectivity index (χ0n) is 11.5. The fraction of sp³-hybridized carbons (Fsp3) is 0.615. The first-order valence-electron chi connectivity index (χ1n) is 5.87. The molecule has 0 aliphatic carbocycles. The van der Waals surface area contributed by atoms with E-state index in [9.17, 15) is 4.79 Å². The monoisotopic (exact) mass is 238 g/mol. The van der Waals surface area contributed by atoms with Crippen molar-refractivity contribution in [1.29, 1.82) is 0 Å². The van der Waals surface area contributed by atoms with E-state index in [2.05, 4.69) is 5.32 Å². The van der Waals surface area contributed by atoms with Gasteiger partial charge in [-0.3, -0.25) is 10.1 Å². The summed E-state index contributed by atoms with van der Waals surface area (Å²) >= 11 is 0. The number of likely N-dealkylation sites (N-methyl/N-ethyl adjacent to an activating group) is 1. The third-order valence-electron chi connectivity index (χ3n) is 2.86. The fourth-order valence-corrected chi connectivity index (χ4v) is 2.00. The van der Waals surface area contributed by atoms with Crippen molar-refractivity contribution in [2.45, 2.75) is 39.8 Å². The van der Waals surface area contributed by atoms with Gasteiger partial charge in [0.2, 0.25) is 5.91 Å². The Labute approximate surface area is 103 Å². The number of furan rings is 1. The van der Waals surface area contributed by atoms with E-state index < -0.39 is 0 Å². The summed E-state index contributed by atoms with van der Waals surface area (Å²) in [6.07, 6.45) is 0. The van der Waals surface area contributed by atoms with Crippen molar-refractivity contribution in [1.82, 2.24) is 10.2 Å². The Morgan fingerprint density at radius 3 is 2.35 bits per heavy atom. The number of amides is 1. The van der Waals surface area contributed by atoms with Crippen molar-refractivity contribution in [3.05, 3.63) is 23.2 Å². The van der Waals surface area contributed by atoms with E-state index in [0.29, 0.717) is 0 Å². The smallest absolute Gasteiger partial charge is 0.238 e. The SMILES string of the molecule is Cc1cc(C(C)NC(C)C(=O)N(C)C)c(C)o1. The van der Waals surface area contributed by atoms with Crippen LogP contribution >= 0.6 is 0 Å². The molecule has 17 heavy (non-hydrogen) atoms. The molecule has 1 amide bonds. The summed E-state index contributed by atoms with van der Waals surface area (Å²) in [6, 6.07) is 1.92. The van der Waals surface area contributed by atoms with Gasteiger partial charge in [0.25, 0.3) is 0 Å². The standard InChI is InChI=1S/C13H22N2O2/c1-8-7-12(11(4)17-8)9(2)14-10(3)13(16)15(5)6/h7,9-10,14H,1-6H3. The Morgan fingerprint density at radius 2 is 1.94 bits per heavy atom. The molecular weight excluding hydrogens is 216 g/mol. The molecule has 0 saturated heterocycles. The molecule has 0 aliphatic heterocycles. The van der Waals surface area contributed by atoms with Crippen molar-refractivity contribution < 1.29 is 9.21 Å². The predicted octanol–water partition coefficient (Wildman–Crippen LogP) is 2.02. The average Bonchev–Trinajstić information content (AvgIpc) is 2.56. The third-order valence-corrected chi connectivity index (χ3v) is 2.86. The van der Waals surface area contributed by atoms with Gasteiger partial charge in [-0.05, 0) is 33.8 Å². The van der Waals surface area contributed by atoms with Crippen molar-refractivity contribution in [2.75, 3.05) is 14.1 Å². The maximum absolute atomic E-state index is 11.7. The fourth-order valence-electron chi connectivity index (χ4n) is 2.00. The number of nitrogens with one attached hydrogen (secondary N) is 1. The first-order chi connectivity index (χ1) is 7.82. The summed E-state index contributed by atoms with van der Waals surface area (Å²) in [7, 11) is 3.52. The van der Waals surface area contributed by atoms with Gasteiger partial charge in [-0.15, -0.1) is 0 Å². The average molecular weight is 238 g/mol. The van der Waals surface area contributed by atoms with E-state index in [1.165, 1.54) is 0 Å². The first kappa shape index (κ1) is 13.8. The Balaban J connectivity index is 2.69. The molecule has 1 N–H and O–H groups in total. The molecule has 2 unspecified atom stereocenters. The van der Waals surface area contributed by atoms with Gasteiger partial charge in [0.15, 0.2) is 0 Å². The first-order valence-corrected chi connectivity index (χ1v) is 5.87. The van der Waals surface area contributed by atoms with Gasteiger partial charge in [0, 0.05) is 25.7 Å². The van der Waals surface area contributed by atoms with Crippen LogP contribution in [0.15, 0.2) is 10.5 Å². The van der Waals surface area contributed by atoms with Crippen LogP contribution in [0.3, 0.4) is 0 Å². The largest absolute Gasteiger partial charge is 0.466 e. The molecule has 2 atom stereocenters. The van der Waals surface area contributed by atoms with E-state index in [0.717, 1.165) is 17.1 Å². The van der Waals surface area contributed by atoms with Crippen LogP contribution in [0.5, 0.6) is 0 Å². The minimum atomic E-state index is -0.199. The van der Waals surface area contributed by atoms with Crippen LogP contribution in [0.1, 0.15) is 37.0 Å². The highest BCUT2D eigenvalue weighted by molar-refractivity contribution is 5.80. The summed E-state index contributed by atoms with van der Waals surface area (Å²) in [5, 5.41) is 3.28. The highest BCUT2D eigenvalue weighted by atomic mass is 16.3. The summed E-state index contributed by atoms with van der Waals surface area (Å²) in [6.45, 7) is 7.79. The number of aryl methyl sites for hydroxylation is 2. The molecule has 4 heteroatoms. The second-order valence-corrected chi connectivity index (χ2v) is 4.71. The Kier molecular flexibility index (Phi) is 4.34. The lowest BCUT2D eigenvalue weighted by molar-refractivity contribution is -0.130. The van der Waals surface area contributed by atoms with Gasteiger partial charge in [-0.1, -0.05) is 0 Å². The Bertz CT molecular complexity index is 396. The second-order valence-electron chi connectivity index (χ2n) is 4.71.